The molecule has 0 radical (unpaired) electrons. The lowest BCUT2D eigenvalue weighted by Crippen LogP contribution is -2.46. The first-order valence-electron chi connectivity index (χ1n) is 6.52. The summed E-state index contributed by atoms with van der Waals surface area (Å²) in [4.78, 5) is 16.4. The molecule has 2 amide bonds. The highest BCUT2D eigenvalue weighted by Gasteiger charge is 2.35. The molecule has 0 saturated carbocycles. The fourth-order valence-electron chi connectivity index (χ4n) is 2.66. The summed E-state index contributed by atoms with van der Waals surface area (Å²) < 4.78 is 0. The Kier molecular flexibility index (Phi) is 3.69. The van der Waals surface area contributed by atoms with E-state index >= 15 is 0 Å². The predicted molar refractivity (Wildman–Crippen MR) is 64.5 cm³/mol. The average Bonchev–Trinajstić information content (AvgIpc) is 2.71. The van der Waals surface area contributed by atoms with Gasteiger partial charge in [-0.05, 0) is 39.3 Å². The summed E-state index contributed by atoms with van der Waals surface area (Å²) in [5, 5.41) is 3.35. The predicted octanol–water partition coefficient (Wildman–Crippen LogP) is 1.27. The van der Waals surface area contributed by atoms with Gasteiger partial charge in [0.2, 0.25) is 0 Å². The van der Waals surface area contributed by atoms with Gasteiger partial charge >= 0.3 is 6.03 Å². The van der Waals surface area contributed by atoms with E-state index in [0.717, 1.165) is 45.4 Å². The summed E-state index contributed by atoms with van der Waals surface area (Å²) in [6.45, 7) is 8.23. The normalized spacial score (nSPS) is 25.2. The molecule has 1 N–H and O–H groups in total. The van der Waals surface area contributed by atoms with E-state index in [2.05, 4.69) is 24.1 Å². The molecule has 0 aliphatic carbocycles. The molecule has 1 atom stereocenters. The Morgan fingerprint density at radius 2 is 2.06 bits per heavy atom. The number of amides is 2. The second kappa shape index (κ2) is 5.04. The Labute approximate surface area is 98.0 Å². The maximum Gasteiger partial charge on any atom is 0.320 e. The van der Waals surface area contributed by atoms with Crippen LogP contribution in [0.4, 0.5) is 4.79 Å². The third kappa shape index (κ3) is 2.17. The zero-order valence-electron chi connectivity index (χ0n) is 10.4. The van der Waals surface area contributed by atoms with Crippen LogP contribution in [0.15, 0.2) is 0 Å². The maximum atomic E-state index is 12.2. The molecule has 2 saturated heterocycles. The van der Waals surface area contributed by atoms with Gasteiger partial charge in [-0.3, -0.25) is 0 Å². The molecule has 2 fully saturated rings. The van der Waals surface area contributed by atoms with E-state index in [1.165, 1.54) is 0 Å². The van der Waals surface area contributed by atoms with Crippen LogP contribution in [-0.2, 0) is 0 Å². The van der Waals surface area contributed by atoms with Crippen molar-refractivity contribution in [2.75, 3.05) is 26.2 Å². The van der Waals surface area contributed by atoms with Gasteiger partial charge in [0.15, 0.2) is 0 Å². The third-order valence-corrected chi connectivity index (χ3v) is 3.95. The first kappa shape index (κ1) is 11.7. The number of carbonyl (C=O) groups excluding carboxylic acids is 1. The number of piperidine rings is 1. The van der Waals surface area contributed by atoms with E-state index in [4.69, 9.17) is 0 Å². The van der Waals surface area contributed by atoms with E-state index in [-0.39, 0.29) is 6.03 Å². The highest BCUT2D eigenvalue weighted by Crippen LogP contribution is 2.21. The average molecular weight is 225 g/mol. The van der Waals surface area contributed by atoms with Crippen molar-refractivity contribution in [1.29, 1.82) is 0 Å². The minimum absolute atomic E-state index is 0.265. The first-order chi connectivity index (χ1) is 7.74. The van der Waals surface area contributed by atoms with E-state index in [1.54, 1.807) is 0 Å². The number of hydrogen-bond donors (Lipinski definition) is 1. The van der Waals surface area contributed by atoms with E-state index < -0.39 is 0 Å². The van der Waals surface area contributed by atoms with Crippen molar-refractivity contribution in [2.24, 2.45) is 0 Å². The molecule has 4 heteroatoms. The van der Waals surface area contributed by atoms with E-state index in [9.17, 15) is 4.79 Å². The van der Waals surface area contributed by atoms with Crippen LogP contribution in [0.5, 0.6) is 0 Å². The molecule has 2 rings (SSSR count). The number of carbonyl (C=O) groups is 1. The van der Waals surface area contributed by atoms with E-state index in [0.29, 0.717) is 12.1 Å². The smallest absolute Gasteiger partial charge is 0.320 e. The molecular weight excluding hydrogens is 202 g/mol. The van der Waals surface area contributed by atoms with Crippen LogP contribution >= 0.6 is 0 Å². The largest absolute Gasteiger partial charge is 0.320 e. The van der Waals surface area contributed by atoms with Crippen molar-refractivity contribution in [3.05, 3.63) is 0 Å². The molecule has 2 aliphatic rings. The van der Waals surface area contributed by atoms with Crippen LogP contribution in [0.1, 0.15) is 33.1 Å². The zero-order chi connectivity index (χ0) is 11.5. The van der Waals surface area contributed by atoms with Gasteiger partial charge in [0.1, 0.15) is 0 Å². The van der Waals surface area contributed by atoms with E-state index in [1.807, 2.05) is 4.90 Å². The van der Waals surface area contributed by atoms with Gasteiger partial charge in [0, 0.05) is 25.2 Å². The Hall–Kier alpha value is -0.770. The minimum atomic E-state index is 0.265. The number of urea groups is 1. The topological polar surface area (TPSA) is 35.6 Å². The summed E-state index contributed by atoms with van der Waals surface area (Å²) in [6, 6.07) is 1.13. The highest BCUT2D eigenvalue weighted by atomic mass is 16.2. The van der Waals surface area contributed by atoms with Crippen LogP contribution in [0.2, 0.25) is 0 Å². The molecule has 2 heterocycles. The van der Waals surface area contributed by atoms with Crippen molar-refractivity contribution >= 4 is 6.03 Å². The molecule has 92 valence electrons. The van der Waals surface area contributed by atoms with Crippen molar-refractivity contribution in [1.82, 2.24) is 15.1 Å². The van der Waals surface area contributed by atoms with Gasteiger partial charge in [-0.15, -0.1) is 0 Å². The lowest BCUT2D eigenvalue weighted by atomic mass is 10.1. The quantitative estimate of drug-likeness (QED) is 0.785. The SMILES string of the molecule is CCC(C)N1CCN(C2CCNCC2)C1=O. The molecule has 0 bridgehead atoms. The van der Waals surface area contributed by atoms with Gasteiger partial charge in [0.05, 0.1) is 0 Å². The van der Waals surface area contributed by atoms with Crippen molar-refractivity contribution in [3.8, 4) is 0 Å². The summed E-state index contributed by atoms with van der Waals surface area (Å²) in [7, 11) is 0. The Morgan fingerprint density at radius 3 is 2.69 bits per heavy atom. The number of nitrogens with one attached hydrogen (secondary N) is 1. The fraction of sp³-hybridized carbons (Fsp3) is 0.917. The molecule has 2 aliphatic heterocycles. The lowest BCUT2D eigenvalue weighted by molar-refractivity contribution is 0.157. The van der Waals surface area contributed by atoms with Gasteiger partial charge in [0.25, 0.3) is 0 Å². The first-order valence-corrected chi connectivity index (χ1v) is 6.52. The minimum Gasteiger partial charge on any atom is -0.320 e. The van der Waals surface area contributed by atoms with Crippen molar-refractivity contribution < 1.29 is 4.79 Å². The Bertz CT molecular complexity index is 251. The molecule has 4 nitrogen and oxygen atoms in total. The summed E-state index contributed by atoms with van der Waals surface area (Å²) in [6.07, 6.45) is 3.27. The maximum absolute atomic E-state index is 12.2. The zero-order valence-corrected chi connectivity index (χ0v) is 10.4. The highest BCUT2D eigenvalue weighted by molar-refractivity contribution is 5.77. The van der Waals surface area contributed by atoms with Gasteiger partial charge in [-0.1, -0.05) is 6.92 Å². The van der Waals surface area contributed by atoms with Crippen molar-refractivity contribution in [3.63, 3.8) is 0 Å². The second-order valence-corrected chi connectivity index (χ2v) is 4.91. The molecule has 1 unspecified atom stereocenters. The van der Waals surface area contributed by atoms with Crippen LogP contribution in [0.25, 0.3) is 0 Å². The standard InChI is InChI=1S/C12H23N3O/c1-3-10(2)14-8-9-15(12(14)16)11-4-6-13-7-5-11/h10-11,13H,3-9H2,1-2H3. The van der Waals surface area contributed by atoms with Crippen LogP contribution in [0, 0.1) is 0 Å². The van der Waals surface area contributed by atoms with Crippen LogP contribution in [-0.4, -0.2) is 54.1 Å². The van der Waals surface area contributed by atoms with Gasteiger partial charge in [-0.25, -0.2) is 4.79 Å². The molecule has 0 aromatic carbocycles. The van der Waals surface area contributed by atoms with Gasteiger partial charge < -0.3 is 15.1 Å². The molecule has 0 aromatic heterocycles. The summed E-state index contributed by atoms with van der Waals surface area (Å²) in [5.41, 5.74) is 0. The lowest BCUT2D eigenvalue weighted by Gasteiger charge is -2.32. The molecule has 0 spiro atoms. The third-order valence-electron chi connectivity index (χ3n) is 3.95. The van der Waals surface area contributed by atoms with Gasteiger partial charge in [-0.2, -0.15) is 0 Å². The molecule has 0 aromatic rings. The number of hydrogen-bond acceptors (Lipinski definition) is 2. The Balaban J connectivity index is 1.95. The Morgan fingerprint density at radius 1 is 1.38 bits per heavy atom. The van der Waals surface area contributed by atoms with Crippen LogP contribution in [0.3, 0.4) is 0 Å². The molecule has 16 heavy (non-hydrogen) atoms. The fourth-order valence-corrected chi connectivity index (χ4v) is 2.66. The second-order valence-electron chi connectivity index (χ2n) is 4.91. The number of rotatable bonds is 3. The van der Waals surface area contributed by atoms with Crippen LogP contribution < -0.4 is 5.32 Å². The summed E-state index contributed by atoms with van der Waals surface area (Å²) >= 11 is 0. The molecular formula is C12H23N3O. The van der Waals surface area contributed by atoms with Crippen molar-refractivity contribution in [2.45, 2.75) is 45.2 Å². The monoisotopic (exact) mass is 225 g/mol. The number of nitrogens with zero attached hydrogens (tertiary/aromatic N) is 2. The summed E-state index contributed by atoms with van der Waals surface area (Å²) in [5.74, 6) is 0.